The molecule has 0 aromatic carbocycles. The molecule has 3 nitrogen and oxygen atoms in total. The Labute approximate surface area is 129 Å². The zero-order valence-corrected chi connectivity index (χ0v) is 13.4. The first-order valence-electron chi connectivity index (χ1n) is 7.40. The fourth-order valence-electron chi connectivity index (χ4n) is 3.51. The van der Waals surface area contributed by atoms with Crippen LogP contribution < -0.4 is 5.32 Å². The van der Waals surface area contributed by atoms with Gasteiger partial charge in [0, 0.05) is 19.6 Å². The molecule has 1 spiro atoms. The van der Waals surface area contributed by atoms with E-state index in [0.29, 0.717) is 5.02 Å². The monoisotopic (exact) mass is 312 g/mol. The lowest BCUT2D eigenvalue weighted by atomic mass is 9.79. The van der Waals surface area contributed by atoms with Crippen LogP contribution >= 0.6 is 22.9 Å². The van der Waals surface area contributed by atoms with E-state index < -0.39 is 0 Å². The van der Waals surface area contributed by atoms with Gasteiger partial charge in [0.25, 0.3) is 5.91 Å². The Morgan fingerprint density at radius 2 is 2.15 bits per heavy atom. The highest BCUT2D eigenvalue weighted by molar-refractivity contribution is 7.13. The molecule has 0 radical (unpaired) electrons. The smallest absolute Gasteiger partial charge is 0.266 e. The summed E-state index contributed by atoms with van der Waals surface area (Å²) in [5.41, 5.74) is 1.03. The number of carbonyl (C=O) groups is 1. The first-order valence-corrected chi connectivity index (χ1v) is 8.66. The Kier molecular flexibility index (Phi) is 4.07. The van der Waals surface area contributed by atoms with Crippen LogP contribution in [0.1, 0.15) is 47.3 Å². The van der Waals surface area contributed by atoms with E-state index in [-0.39, 0.29) is 11.4 Å². The van der Waals surface area contributed by atoms with Gasteiger partial charge in [-0.15, -0.1) is 11.3 Å². The highest BCUT2D eigenvalue weighted by Crippen LogP contribution is 2.37. The van der Waals surface area contributed by atoms with Gasteiger partial charge in [-0.2, -0.15) is 0 Å². The van der Waals surface area contributed by atoms with Gasteiger partial charge in [0.2, 0.25) is 0 Å². The molecule has 0 bridgehead atoms. The highest BCUT2D eigenvalue weighted by Gasteiger charge is 2.43. The molecule has 2 heterocycles. The van der Waals surface area contributed by atoms with Crippen molar-refractivity contribution in [2.75, 3.05) is 19.6 Å². The number of nitrogens with one attached hydrogen (secondary N) is 1. The first kappa shape index (κ1) is 14.4. The molecule has 3 rings (SSSR count). The van der Waals surface area contributed by atoms with Gasteiger partial charge in [-0.25, -0.2) is 0 Å². The molecule has 0 atom stereocenters. The number of piperazine rings is 1. The van der Waals surface area contributed by atoms with Crippen LogP contribution in [-0.4, -0.2) is 36.0 Å². The third kappa shape index (κ3) is 2.38. The Morgan fingerprint density at radius 1 is 1.40 bits per heavy atom. The minimum atomic E-state index is 0.0226. The molecule has 1 amide bonds. The summed E-state index contributed by atoms with van der Waals surface area (Å²) in [4.78, 5) is 15.8. The Balaban J connectivity index is 1.89. The molecule has 1 aliphatic carbocycles. The molecule has 0 unspecified atom stereocenters. The predicted octanol–water partition coefficient (Wildman–Crippen LogP) is 3.46. The Morgan fingerprint density at radius 3 is 2.80 bits per heavy atom. The average Bonchev–Trinajstić information content (AvgIpc) is 2.80. The van der Waals surface area contributed by atoms with Gasteiger partial charge in [-0.05, 0) is 30.7 Å². The third-order valence-electron chi connectivity index (χ3n) is 4.66. The largest absolute Gasteiger partial charge is 0.330 e. The molecule has 110 valence electrons. The second-order valence-corrected chi connectivity index (χ2v) is 7.24. The van der Waals surface area contributed by atoms with E-state index in [2.05, 4.69) is 10.2 Å². The second kappa shape index (κ2) is 5.66. The topological polar surface area (TPSA) is 32.3 Å². The minimum Gasteiger partial charge on any atom is -0.330 e. The number of carbonyl (C=O) groups excluding carboxylic acids is 1. The van der Waals surface area contributed by atoms with E-state index in [9.17, 15) is 4.79 Å². The minimum absolute atomic E-state index is 0.0226. The van der Waals surface area contributed by atoms with E-state index in [1.807, 2.05) is 12.3 Å². The molecule has 20 heavy (non-hydrogen) atoms. The number of aryl methyl sites for hydroxylation is 1. The predicted molar refractivity (Wildman–Crippen MR) is 83.8 cm³/mol. The van der Waals surface area contributed by atoms with Gasteiger partial charge in [-0.3, -0.25) is 4.79 Å². The van der Waals surface area contributed by atoms with Crippen molar-refractivity contribution in [2.24, 2.45) is 0 Å². The summed E-state index contributed by atoms with van der Waals surface area (Å²) in [5, 5.41) is 6.10. The quantitative estimate of drug-likeness (QED) is 0.861. The van der Waals surface area contributed by atoms with Gasteiger partial charge in [0.1, 0.15) is 4.88 Å². The molecular formula is C15H21ClN2OS. The van der Waals surface area contributed by atoms with E-state index in [0.717, 1.165) is 42.9 Å². The normalized spacial score (nSPS) is 22.2. The van der Waals surface area contributed by atoms with Gasteiger partial charge >= 0.3 is 0 Å². The van der Waals surface area contributed by atoms with E-state index in [1.54, 1.807) is 0 Å². The van der Waals surface area contributed by atoms with Gasteiger partial charge in [0.15, 0.2) is 0 Å². The summed E-state index contributed by atoms with van der Waals surface area (Å²) in [6.45, 7) is 4.58. The van der Waals surface area contributed by atoms with E-state index in [1.165, 1.54) is 30.6 Å². The van der Waals surface area contributed by atoms with Crippen molar-refractivity contribution >= 4 is 28.8 Å². The molecule has 1 aromatic rings. The maximum atomic E-state index is 12.9. The molecule has 1 saturated carbocycles. The molecule has 1 saturated heterocycles. The lowest BCUT2D eigenvalue weighted by Gasteiger charge is -2.49. The number of nitrogens with zero attached hydrogens (tertiary/aromatic N) is 1. The standard InChI is InChI=1S/C15H21ClN2OS/c1-11-9-20-13(12(11)16)14(19)18-8-7-17-10-15(18)5-3-2-4-6-15/h9,17H,2-8,10H2,1H3. The number of hydrogen-bond acceptors (Lipinski definition) is 3. The summed E-state index contributed by atoms with van der Waals surface area (Å²) in [7, 11) is 0. The number of rotatable bonds is 1. The van der Waals surface area contributed by atoms with Crippen LogP contribution in [0, 0.1) is 6.92 Å². The van der Waals surface area contributed by atoms with Gasteiger partial charge < -0.3 is 10.2 Å². The van der Waals surface area contributed by atoms with E-state index >= 15 is 0 Å². The molecular weight excluding hydrogens is 292 g/mol. The lowest BCUT2D eigenvalue weighted by molar-refractivity contribution is 0.0227. The first-order chi connectivity index (χ1) is 9.64. The SMILES string of the molecule is Cc1csc(C(=O)N2CCNCC23CCCCC3)c1Cl. The van der Waals surface area contributed by atoms with Crippen LogP contribution in [0.5, 0.6) is 0 Å². The maximum Gasteiger partial charge on any atom is 0.266 e. The Hall–Kier alpha value is -0.580. The summed E-state index contributed by atoms with van der Waals surface area (Å²) >= 11 is 7.78. The molecule has 5 heteroatoms. The van der Waals surface area contributed by atoms with Crippen molar-refractivity contribution in [2.45, 2.75) is 44.6 Å². The second-order valence-electron chi connectivity index (χ2n) is 5.98. The molecule has 2 fully saturated rings. The van der Waals surface area contributed by atoms with Gasteiger partial charge in [0.05, 0.1) is 10.6 Å². The number of hydrogen-bond donors (Lipinski definition) is 1. The fraction of sp³-hybridized carbons (Fsp3) is 0.667. The van der Waals surface area contributed by atoms with Crippen LogP contribution in [-0.2, 0) is 0 Å². The molecule has 2 aliphatic rings. The molecule has 1 N–H and O–H groups in total. The van der Waals surface area contributed by atoms with Crippen molar-refractivity contribution in [1.82, 2.24) is 10.2 Å². The number of halogens is 1. The number of thiophene rings is 1. The highest BCUT2D eigenvalue weighted by atomic mass is 35.5. The van der Waals surface area contributed by atoms with Crippen molar-refractivity contribution in [1.29, 1.82) is 0 Å². The third-order valence-corrected chi connectivity index (χ3v) is 6.35. The van der Waals surface area contributed by atoms with Crippen molar-refractivity contribution in [3.63, 3.8) is 0 Å². The van der Waals surface area contributed by atoms with Crippen LogP contribution in [0.25, 0.3) is 0 Å². The lowest BCUT2D eigenvalue weighted by Crippen LogP contribution is -2.63. The van der Waals surface area contributed by atoms with Gasteiger partial charge in [-0.1, -0.05) is 30.9 Å². The van der Waals surface area contributed by atoms with E-state index in [4.69, 9.17) is 11.6 Å². The maximum absolute atomic E-state index is 12.9. The summed E-state index contributed by atoms with van der Waals surface area (Å²) in [5.74, 6) is 0.136. The summed E-state index contributed by atoms with van der Waals surface area (Å²) in [6, 6.07) is 0. The van der Waals surface area contributed by atoms with Crippen molar-refractivity contribution in [3.8, 4) is 0 Å². The summed E-state index contributed by atoms with van der Waals surface area (Å²) < 4.78 is 0. The Bertz CT molecular complexity index is 500. The van der Waals surface area contributed by atoms with Crippen LogP contribution in [0.4, 0.5) is 0 Å². The van der Waals surface area contributed by atoms with Crippen molar-refractivity contribution in [3.05, 3.63) is 20.8 Å². The number of amides is 1. The zero-order valence-electron chi connectivity index (χ0n) is 11.9. The molecule has 1 aliphatic heterocycles. The van der Waals surface area contributed by atoms with Crippen LogP contribution in [0.3, 0.4) is 0 Å². The van der Waals surface area contributed by atoms with Crippen LogP contribution in [0.2, 0.25) is 5.02 Å². The summed E-state index contributed by atoms with van der Waals surface area (Å²) in [6.07, 6.45) is 5.98. The average molecular weight is 313 g/mol. The van der Waals surface area contributed by atoms with Crippen molar-refractivity contribution < 1.29 is 4.79 Å². The molecule has 1 aromatic heterocycles. The van der Waals surface area contributed by atoms with Crippen LogP contribution in [0.15, 0.2) is 5.38 Å². The zero-order chi connectivity index (χ0) is 14.2. The fourth-order valence-corrected chi connectivity index (χ4v) is 4.74.